The fraction of sp³-hybridized carbons (Fsp3) is 0. The lowest BCUT2D eigenvalue weighted by Crippen LogP contribution is -2.07. The van der Waals surface area contributed by atoms with Gasteiger partial charge < -0.3 is 9.13 Å². The normalized spacial score (nSPS) is 11.9. The van der Waals surface area contributed by atoms with Crippen molar-refractivity contribution in [3.63, 3.8) is 0 Å². The molecule has 4 aromatic heterocycles. The predicted molar refractivity (Wildman–Crippen MR) is 294 cm³/mol. The fourth-order valence-corrected chi connectivity index (χ4v) is 11.3. The lowest BCUT2D eigenvalue weighted by molar-refractivity contribution is 0.955. The Labute approximate surface area is 407 Å². The molecule has 0 unspecified atom stereocenters. The Morgan fingerprint density at radius 2 is 0.634 bits per heavy atom. The first-order valence-corrected chi connectivity index (χ1v) is 24.1. The first-order valence-electron chi connectivity index (χ1n) is 24.1. The summed E-state index contributed by atoms with van der Waals surface area (Å²) in [7, 11) is 0. The van der Waals surface area contributed by atoms with Gasteiger partial charge in [0, 0.05) is 54.8 Å². The van der Waals surface area contributed by atoms with E-state index in [-0.39, 0.29) is 0 Å². The van der Waals surface area contributed by atoms with Crippen LogP contribution in [0.4, 0.5) is 0 Å². The Bertz CT molecular complexity index is 4490. The van der Waals surface area contributed by atoms with Gasteiger partial charge in [0.1, 0.15) is 0 Å². The van der Waals surface area contributed by atoms with Crippen LogP contribution in [0.25, 0.3) is 138 Å². The van der Waals surface area contributed by atoms with E-state index in [0.29, 0.717) is 17.6 Å². The van der Waals surface area contributed by atoms with Crippen LogP contribution in [-0.4, -0.2) is 28.7 Å². The van der Waals surface area contributed by atoms with Crippen LogP contribution in [0.1, 0.15) is 0 Å². The van der Waals surface area contributed by atoms with Crippen LogP contribution in [0.2, 0.25) is 0 Å². The van der Waals surface area contributed by atoms with Gasteiger partial charge in [0.25, 0.3) is 0 Å². The summed E-state index contributed by atoms with van der Waals surface area (Å²) in [4.78, 5) is 16.3. The first-order chi connectivity index (χ1) is 35.2. The van der Waals surface area contributed by atoms with E-state index in [2.05, 4.69) is 256 Å². The van der Waals surface area contributed by atoms with Gasteiger partial charge in [0.05, 0.1) is 33.1 Å². The molecule has 0 aliphatic heterocycles. The quantitative estimate of drug-likeness (QED) is 0.167. The first kappa shape index (κ1) is 39.4. The molecule has 0 bridgehead atoms. The van der Waals surface area contributed by atoms with Gasteiger partial charge in [0.15, 0.2) is 11.6 Å². The summed E-state index contributed by atoms with van der Waals surface area (Å²) in [6.07, 6.45) is 0. The molecule has 0 aliphatic carbocycles. The topological polar surface area (TPSA) is 53.5 Å². The summed E-state index contributed by atoms with van der Waals surface area (Å²) >= 11 is 0. The third-order valence-corrected chi connectivity index (χ3v) is 14.5. The minimum absolute atomic E-state index is 0.554. The summed E-state index contributed by atoms with van der Waals surface area (Å²) in [5.41, 5.74) is 13.1. The average molecular weight is 905 g/mol. The molecule has 0 atom stereocenters. The number of benzene rings is 11. The molecule has 11 aromatic carbocycles. The van der Waals surface area contributed by atoms with Crippen molar-refractivity contribution in [1.29, 1.82) is 0 Å². The van der Waals surface area contributed by atoms with Crippen molar-refractivity contribution in [2.24, 2.45) is 0 Å². The molecular weight excluding hydrogens is 865 g/mol. The predicted octanol–water partition coefficient (Wildman–Crippen LogP) is 16.5. The van der Waals surface area contributed by atoms with E-state index in [4.69, 9.17) is 15.0 Å². The summed E-state index contributed by atoms with van der Waals surface area (Å²) in [6.45, 7) is 0. The molecule has 15 rings (SSSR count). The molecule has 4 heterocycles. The van der Waals surface area contributed by atoms with Crippen LogP contribution < -0.4 is 0 Å². The number of rotatable bonds is 6. The van der Waals surface area contributed by atoms with Gasteiger partial charge in [-0.3, -0.25) is 4.57 Å². The molecule has 0 saturated carbocycles. The summed E-state index contributed by atoms with van der Waals surface area (Å²) in [5, 5.41) is 11.5. The van der Waals surface area contributed by atoms with E-state index < -0.39 is 0 Å². The SMILES string of the molecule is c1ccc(-n2c3ccccc3c3cc(-c4ccc5c(c4)c4cc(-n6c7ccccc7c7ccccc76)ccc4n5-c4nc(-c5cccc6ccccc56)nc(-c5cccc6ccccc56)n4)ccc32)cc1. The van der Waals surface area contributed by atoms with Crippen molar-refractivity contribution in [3.8, 4) is 51.2 Å². The van der Waals surface area contributed by atoms with Crippen molar-refractivity contribution in [2.75, 3.05) is 0 Å². The van der Waals surface area contributed by atoms with E-state index >= 15 is 0 Å². The van der Waals surface area contributed by atoms with Crippen LogP contribution in [0, 0.1) is 0 Å². The molecule has 0 saturated heterocycles. The molecule has 0 fully saturated rings. The molecule has 0 radical (unpaired) electrons. The second-order valence-electron chi connectivity index (χ2n) is 18.4. The highest BCUT2D eigenvalue weighted by Gasteiger charge is 2.22. The maximum Gasteiger partial charge on any atom is 0.238 e. The van der Waals surface area contributed by atoms with Gasteiger partial charge in [-0.1, -0.05) is 170 Å². The Morgan fingerprint density at radius 3 is 1.20 bits per heavy atom. The highest BCUT2D eigenvalue weighted by atomic mass is 15.2. The number of fused-ring (bicyclic) bond motifs is 11. The maximum atomic E-state index is 5.46. The lowest BCUT2D eigenvalue weighted by Gasteiger charge is -2.13. The molecule has 0 spiro atoms. The molecule has 0 aliphatic rings. The van der Waals surface area contributed by atoms with E-state index in [1.54, 1.807) is 0 Å². The summed E-state index contributed by atoms with van der Waals surface area (Å²) in [5.74, 6) is 1.79. The zero-order valence-corrected chi connectivity index (χ0v) is 38.3. The molecule has 0 amide bonds. The molecular formula is C65H40N6. The second-order valence-corrected chi connectivity index (χ2v) is 18.4. The number of para-hydroxylation sites is 4. The molecule has 330 valence electrons. The average Bonchev–Trinajstić information content (AvgIpc) is 4.08. The van der Waals surface area contributed by atoms with Gasteiger partial charge in [-0.15, -0.1) is 0 Å². The minimum Gasteiger partial charge on any atom is -0.309 e. The van der Waals surface area contributed by atoms with Crippen LogP contribution in [0.5, 0.6) is 0 Å². The largest absolute Gasteiger partial charge is 0.309 e. The van der Waals surface area contributed by atoms with Crippen LogP contribution in [0.15, 0.2) is 243 Å². The lowest BCUT2D eigenvalue weighted by atomic mass is 10.0. The van der Waals surface area contributed by atoms with E-state index in [1.807, 2.05) is 0 Å². The van der Waals surface area contributed by atoms with Gasteiger partial charge in [-0.2, -0.15) is 9.97 Å². The Hall–Kier alpha value is -9.65. The van der Waals surface area contributed by atoms with Crippen LogP contribution in [0.3, 0.4) is 0 Å². The standard InChI is InChI=1S/C65H40N6/c1-2-20-45(21-3-1)69-59-31-13-10-26-51(59)54-38-43(32-35-60(54)69)44-33-36-61-55(39-44)56-40-46(70-57-29-11-8-24-49(57)50-25-9-12-30-58(50)70)34-37-62(56)71(61)65-67-63(52-27-14-18-41-16-4-6-22-47(41)52)66-64(68-65)53-28-15-19-42-17-5-7-23-48(42)53/h1-40H. The fourth-order valence-electron chi connectivity index (χ4n) is 11.3. The molecule has 6 heteroatoms. The third-order valence-electron chi connectivity index (χ3n) is 14.5. The van der Waals surface area contributed by atoms with Gasteiger partial charge >= 0.3 is 0 Å². The number of aromatic nitrogens is 6. The third kappa shape index (κ3) is 6.05. The Morgan fingerprint density at radius 1 is 0.239 bits per heavy atom. The molecule has 71 heavy (non-hydrogen) atoms. The van der Waals surface area contributed by atoms with E-state index in [9.17, 15) is 0 Å². The molecule has 15 aromatic rings. The van der Waals surface area contributed by atoms with E-state index in [0.717, 1.165) is 88.0 Å². The van der Waals surface area contributed by atoms with Crippen molar-refractivity contribution in [1.82, 2.24) is 28.7 Å². The van der Waals surface area contributed by atoms with E-state index in [1.165, 1.54) is 32.6 Å². The van der Waals surface area contributed by atoms with Crippen molar-refractivity contribution in [2.45, 2.75) is 0 Å². The highest BCUT2D eigenvalue weighted by Crippen LogP contribution is 2.41. The number of nitrogens with zero attached hydrogens (tertiary/aromatic N) is 6. The maximum absolute atomic E-state index is 5.46. The minimum atomic E-state index is 0.554. The monoisotopic (exact) mass is 904 g/mol. The smallest absolute Gasteiger partial charge is 0.238 e. The zero-order chi connectivity index (χ0) is 46.6. The Balaban J connectivity index is 1.01. The zero-order valence-electron chi connectivity index (χ0n) is 38.3. The van der Waals surface area contributed by atoms with Crippen molar-refractivity contribution >= 4 is 87.0 Å². The number of hydrogen-bond acceptors (Lipinski definition) is 3. The number of hydrogen-bond donors (Lipinski definition) is 0. The van der Waals surface area contributed by atoms with Crippen molar-refractivity contribution in [3.05, 3.63) is 243 Å². The summed E-state index contributed by atoms with van der Waals surface area (Å²) in [6, 6.07) is 87.0. The van der Waals surface area contributed by atoms with Crippen molar-refractivity contribution < 1.29 is 0 Å². The van der Waals surface area contributed by atoms with Gasteiger partial charge in [0.2, 0.25) is 5.95 Å². The summed E-state index contributed by atoms with van der Waals surface area (Å²) < 4.78 is 7.01. The second kappa shape index (κ2) is 15.4. The van der Waals surface area contributed by atoms with Crippen LogP contribution in [-0.2, 0) is 0 Å². The Kier molecular flexibility index (Phi) is 8.56. The molecule has 6 nitrogen and oxygen atoms in total. The molecule has 0 N–H and O–H groups in total. The van der Waals surface area contributed by atoms with Gasteiger partial charge in [-0.25, -0.2) is 4.98 Å². The van der Waals surface area contributed by atoms with Gasteiger partial charge in [-0.05, 0) is 105 Å². The highest BCUT2D eigenvalue weighted by molar-refractivity contribution is 6.14. The van der Waals surface area contributed by atoms with Crippen LogP contribution >= 0.6 is 0 Å².